The van der Waals surface area contributed by atoms with E-state index in [1.165, 1.54) is 5.56 Å². The Hall–Kier alpha value is -4.04. The molecule has 5 rings (SSSR count). The molecule has 8 nitrogen and oxygen atoms in total. The molecule has 6 bridgehead atoms. The molecule has 4 heterocycles. The average Bonchev–Trinajstić information content (AvgIpc) is 3.41. The van der Waals surface area contributed by atoms with Gasteiger partial charge in [0.15, 0.2) is 0 Å². The van der Waals surface area contributed by atoms with E-state index >= 15 is 0 Å². The largest absolute Gasteiger partial charge is 0.477 e. The number of nitrogens with zero attached hydrogens (tertiary/aromatic N) is 5. The Kier molecular flexibility index (Phi) is 7.63. The molecular formula is C28H30N6O2. The number of ether oxygens (including phenoxy) is 2. The number of rotatable bonds is 4. The van der Waals surface area contributed by atoms with Crippen molar-refractivity contribution < 1.29 is 9.47 Å². The number of hydrogen-bond donors (Lipinski definition) is 1. The first kappa shape index (κ1) is 23.7. The molecule has 8 heteroatoms. The number of aryl methyl sites for hydroxylation is 3. The summed E-state index contributed by atoms with van der Waals surface area (Å²) in [6.07, 6.45) is 16.1. The number of imidazole rings is 1. The van der Waals surface area contributed by atoms with Gasteiger partial charge in [-0.05, 0) is 61.1 Å². The number of benzene rings is 1. The monoisotopic (exact) mass is 482 g/mol. The lowest BCUT2D eigenvalue weighted by molar-refractivity contribution is 0.148. The van der Waals surface area contributed by atoms with Crippen molar-refractivity contribution in [2.45, 2.75) is 39.3 Å². The molecule has 0 atom stereocenters. The van der Waals surface area contributed by atoms with E-state index in [0.717, 1.165) is 53.9 Å². The minimum Gasteiger partial charge on any atom is -0.477 e. The zero-order valence-corrected chi connectivity index (χ0v) is 20.4. The van der Waals surface area contributed by atoms with Gasteiger partial charge in [0.25, 0.3) is 0 Å². The molecule has 0 fully saturated rings. The summed E-state index contributed by atoms with van der Waals surface area (Å²) in [4.78, 5) is 17.8. The van der Waals surface area contributed by atoms with E-state index in [1.54, 1.807) is 6.20 Å². The van der Waals surface area contributed by atoms with Gasteiger partial charge in [0.05, 0.1) is 31.8 Å². The Balaban J connectivity index is 1.41. The lowest BCUT2D eigenvalue weighted by atomic mass is 10.0. The van der Waals surface area contributed by atoms with Crippen LogP contribution >= 0.6 is 0 Å². The topological polar surface area (TPSA) is 87.0 Å². The molecule has 36 heavy (non-hydrogen) atoms. The third kappa shape index (κ3) is 6.14. The minimum atomic E-state index is 0.533. The van der Waals surface area contributed by atoms with Gasteiger partial charge in [0, 0.05) is 48.6 Å². The van der Waals surface area contributed by atoms with Crippen molar-refractivity contribution in [3.05, 3.63) is 90.3 Å². The second kappa shape index (κ2) is 11.6. The van der Waals surface area contributed by atoms with E-state index in [1.807, 2.05) is 50.1 Å². The van der Waals surface area contributed by atoms with Gasteiger partial charge in [0.2, 0.25) is 11.8 Å². The maximum Gasteiger partial charge on any atom is 0.227 e. The lowest BCUT2D eigenvalue weighted by Gasteiger charge is -2.14. The summed E-state index contributed by atoms with van der Waals surface area (Å²) in [5.74, 6) is 1.12. The van der Waals surface area contributed by atoms with Crippen LogP contribution in [0.25, 0.3) is 11.3 Å². The normalized spacial score (nSPS) is 14.7. The standard InChI is InChI=1S/C28H30N6O2/c1-21-18-31-28-32-25-8-7-22(6-5-12-34-13-11-29-20-34)24(16-25)19-35-14-3-2-4-15-36-26-17-23(9-10-30-26)27(21)33-28/h2-3,7-11,13,16-18,20H,4-6,12,14-15,19H2,1H3,(H,31,32,33)/b3-2+. The first-order valence-electron chi connectivity index (χ1n) is 12.2. The van der Waals surface area contributed by atoms with Crippen molar-refractivity contribution >= 4 is 11.6 Å². The number of hydrogen-bond acceptors (Lipinski definition) is 7. The van der Waals surface area contributed by atoms with Crippen LogP contribution in [-0.4, -0.2) is 37.7 Å². The molecule has 1 N–H and O–H groups in total. The third-order valence-corrected chi connectivity index (χ3v) is 6.04. The van der Waals surface area contributed by atoms with E-state index in [-0.39, 0.29) is 0 Å². The lowest BCUT2D eigenvalue weighted by Crippen LogP contribution is -2.05. The Morgan fingerprint density at radius 2 is 2.06 bits per heavy atom. The van der Waals surface area contributed by atoms with E-state index in [0.29, 0.717) is 31.6 Å². The smallest absolute Gasteiger partial charge is 0.227 e. The van der Waals surface area contributed by atoms with Gasteiger partial charge in [-0.25, -0.2) is 19.9 Å². The van der Waals surface area contributed by atoms with Gasteiger partial charge >= 0.3 is 0 Å². The van der Waals surface area contributed by atoms with Crippen molar-refractivity contribution in [1.29, 1.82) is 0 Å². The van der Waals surface area contributed by atoms with Crippen molar-refractivity contribution in [2.24, 2.45) is 0 Å². The van der Waals surface area contributed by atoms with E-state index in [4.69, 9.17) is 14.5 Å². The number of anilines is 2. The fourth-order valence-corrected chi connectivity index (χ4v) is 4.17. The van der Waals surface area contributed by atoms with Crippen molar-refractivity contribution in [2.75, 3.05) is 18.5 Å². The summed E-state index contributed by atoms with van der Waals surface area (Å²) in [6.45, 7) is 4.56. The second-order valence-corrected chi connectivity index (χ2v) is 8.74. The fourth-order valence-electron chi connectivity index (χ4n) is 4.17. The fraction of sp³-hybridized carbons (Fsp3) is 0.286. The summed E-state index contributed by atoms with van der Waals surface area (Å²) in [5.41, 5.74) is 6.15. The number of pyridine rings is 1. The average molecular weight is 483 g/mol. The zero-order valence-electron chi connectivity index (χ0n) is 20.4. The Bertz CT molecular complexity index is 1320. The van der Waals surface area contributed by atoms with Crippen LogP contribution in [0.2, 0.25) is 0 Å². The summed E-state index contributed by atoms with van der Waals surface area (Å²) >= 11 is 0. The molecule has 1 aromatic carbocycles. The molecule has 1 aliphatic heterocycles. The molecule has 0 radical (unpaired) electrons. The molecular weight excluding hydrogens is 452 g/mol. The van der Waals surface area contributed by atoms with Crippen LogP contribution in [0.3, 0.4) is 0 Å². The Labute approximate surface area is 211 Å². The summed E-state index contributed by atoms with van der Waals surface area (Å²) < 4.78 is 13.9. The maximum atomic E-state index is 5.99. The molecule has 1 aliphatic rings. The molecule has 0 saturated heterocycles. The predicted molar refractivity (Wildman–Crippen MR) is 139 cm³/mol. The van der Waals surface area contributed by atoms with Crippen LogP contribution in [0.5, 0.6) is 5.88 Å². The minimum absolute atomic E-state index is 0.533. The highest BCUT2D eigenvalue weighted by Gasteiger charge is 2.11. The van der Waals surface area contributed by atoms with Gasteiger partial charge < -0.3 is 19.4 Å². The van der Waals surface area contributed by atoms with Crippen LogP contribution in [0, 0.1) is 6.92 Å². The second-order valence-electron chi connectivity index (χ2n) is 8.74. The summed E-state index contributed by atoms with van der Waals surface area (Å²) in [5, 5.41) is 3.38. The van der Waals surface area contributed by atoms with Gasteiger partial charge in [-0.2, -0.15) is 0 Å². The van der Waals surface area contributed by atoms with Gasteiger partial charge in [0.1, 0.15) is 0 Å². The van der Waals surface area contributed by atoms with Crippen LogP contribution < -0.4 is 10.1 Å². The number of fused-ring (bicyclic) bond motifs is 7. The van der Waals surface area contributed by atoms with Crippen LogP contribution in [-0.2, 0) is 24.3 Å². The predicted octanol–water partition coefficient (Wildman–Crippen LogP) is 5.28. The first-order valence-corrected chi connectivity index (χ1v) is 12.2. The number of nitrogens with one attached hydrogen (secondary N) is 1. The van der Waals surface area contributed by atoms with Crippen LogP contribution in [0.1, 0.15) is 29.5 Å². The highest BCUT2D eigenvalue weighted by molar-refractivity contribution is 5.66. The molecule has 0 spiro atoms. The highest BCUT2D eigenvalue weighted by Crippen LogP contribution is 2.26. The van der Waals surface area contributed by atoms with Crippen molar-refractivity contribution in [3.63, 3.8) is 0 Å². The molecule has 0 saturated carbocycles. The van der Waals surface area contributed by atoms with Crippen molar-refractivity contribution in [1.82, 2.24) is 24.5 Å². The Morgan fingerprint density at radius 1 is 1.08 bits per heavy atom. The summed E-state index contributed by atoms with van der Waals surface area (Å²) in [7, 11) is 0. The van der Waals surface area contributed by atoms with Crippen LogP contribution in [0.4, 0.5) is 11.6 Å². The van der Waals surface area contributed by atoms with E-state index in [2.05, 4.69) is 49.1 Å². The third-order valence-electron chi connectivity index (χ3n) is 6.04. The molecule has 184 valence electrons. The maximum absolute atomic E-state index is 5.99. The van der Waals surface area contributed by atoms with Gasteiger partial charge in [-0.1, -0.05) is 18.2 Å². The molecule has 0 unspecified atom stereocenters. The van der Waals surface area contributed by atoms with Crippen molar-refractivity contribution in [3.8, 4) is 17.1 Å². The molecule has 0 amide bonds. The highest BCUT2D eigenvalue weighted by atomic mass is 16.5. The van der Waals surface area contributed by atoms with E-state index < -0.39 is 0 Å². The Morgan fingerprint density at radius 3 is 2.97 bits per heavy atom. The number of aromatic nitrogens is 5. The van der Waals surface area contributed by atoms with E-state index in [9.17, 15) is 0 Å². The zero-order chi connectivity index (χ0) is 24.6. The molecule has 3 aromatic heterocycles. The van der Waals surface area contributed by atoms with Crippen LogP contribution in [0.15, 0.2) is 73.6 Å². The quantitative estimate of drug-likeness (QED) is 0.396. The summed E-state index contributed by atoms with van der Waals surface area (Å²) in [6, 6.07) is 10.3. The van der Waals surface area contributed by atoms with Gasteiger partial charge in [-0.15, -0.1) is 0 Å². The molecule has 4 aromatic rings. The van der Waals surface area contributed by atoms with Gasteiger partial charge in [-0.3, -0.25) is 0 Å². The SMILES string of the molecule is Cc1cnc2nc1-c1ccnc(c1)OCC/C=C/COCc1cc(ccc1CCCn1ccnc1)N2. The first-order chi connectivity index (χ1) is 17.7. The molecule has 0 aliphatic carbocycles.